The fraction of sp³-hybridized carbons (Fsp3) is 0.280. The van der Waals surface area contributed by atoms with Crippen molar-refractivity contribution >= 4 is 60.5 Å². The molecular weight excluding hydrogens is 582 g/mol. The van der Waals surface area contributed by atoms with Gasteiger partial charge in [0.15, 0.2) is 0 Å². The summed E-state index contributed by atoms with van der Waals surface area (Å²) in [6.45, 7) is 3.43. The van der Waals surface area contributed by atoms with E-state index in [4.69, 9.17) is 4.74 Å². The van der Waals surface area contributed by atoms with Gasteiger partial charge >= 0.3 is 5.97 Å². The van der Waals surface area contributed by atoms with Crippen LogP contribution < -0.4 is 14.5 Å². The highest BCUT2D eigenvalue weighted by molar-refractivity contribution is 9.11. The Morgan fingerprint density at radius 1 is 1.11 bits per heavy atom. The van der Waals surface area contributed by atoms with Gasteiger partial charge in [-0.05, 0) is 64.0 Å². The van der Waals surface area contributed by atoms with Crippen molar-refractivity contribution < 1.29 is 27.5 Å². The molecule has 1 aliphatic heterocycles. The minimum Gasteiger partial charge on any atom is -0.465 e. The van der Waals surface area contributed by atoms with Gasteiger partial charge in [-0.2, -0.15) is 0 Å². The molecule has 1 aliphatic rings. The van der Waals surface area contributed by atoms with Crippen LogP contribution >= 0.6 is 27.3 Å². The van der Waals surface area contributed by atoms with Crippen molar-refractivity contribution in [2.45, 2.75) is 11.4 Å². The number of morpholine rings is 1. The number of methoxy groups -OCH3 is 1. The number of carbonyl (C=O) groups is 2. The van der Waals surface area contributed by atoms with Crippen molar-refractivity contribution in [2.24, 2.45) is 0 Å². The zero-order valence-corrected chi connectivity index (χ0v) is 23.5. The van der Waals surface area contributed by atoms with Crippen LogP contribution in [0.5, 0.6) is 0 Å². The molecule has 0 saturated carbocycles. The Hall–Kier alpha value is -2.93. The number of amides is 1. The second kappa shape index (κ2) is 11.6. The molecule has 1 fully saturated rings. The summed E-state index contributed by atoms with van der Waals surface area (Å²) in [4.78, 5) is 26.9. The number of anilines is 2. The van der Waals surface area contributed by atoms with Crippen LogP contribution in [-0.2, 0) is 26.0 Å². The number of ether oxygens (including phenoxy) is 2. The molecule has 1 aromatic heterocycles. The van der Waals surface area contributed by atoms with Crippen LogP contribution in [0.3, 0.4) is 0 Å². The number of halogens is 1. The zero-order chi connectivity index (χ0) is 26.6. The van der Waals surface area contributed by atoms with Crippen LogP contribution in [0.4, 0.5) is 11.4 Å². The molecular formula is C25H26BrN3O6S2. The van der Waals surface area contributed by atoms with Gasteiger partial charge in [0, 0.05) is 32.4 Å². The van der Waals surface area contributed by atoms with Gasteiger partial charge in [-0.25, -0.2) is 13.2 Å². The summed E-state index contributed by atoms with van der Waals surface area (Å²) in [7, 11) is -1.29. The van der Waals surface area contributed by atoms with E-state index in [0.29, 0.717) is 34.8 Å². The minimum atomic E-state index is -3.97. The number of nitrogens with zero attached hydrogens (tertiary/aromatic N) is 2. The normalized spacial score (nSPS) is 13.8. The van der Waals surface area contributed by atoms with Crippen LogP contribution in [0.25, 0.3) is 0 Å². The first-order valence-corrected chi connectivity index (χ1v) is 14.4. The summed E-state index contributed by atoms with van der Waals surface area (Å²) >= 11 is 4.35. The number of thiophene rings is 1. The van der Waals surface area contributed by atoms with Crippen molar-refractivity contribution in [3.05, 3.63) is 74.4 Å². The predicted molar refractivity (Wildman–Crippen MR) is 146 cm³/mol. The molecule has 12 heteroatoms. The Kier molecular flexibility index (Phi) is 8.53. The van der Waals surface area contributed by atoms with E-state index in [1.54, 1.807) is 0 Å². The summed E-state index contributed by atoms with van der Waals surface area (Å²) in [6.07, 6.45) is 0. The Morgan fingerprint density at radius 2 is 1.76 bits per heavy atom. The highest BCUT2D eigenvalue weighted by Crippen LogP contribution is 2.35. The van der Waals surface area contributed by atoms with E-state index < -0.39 is 16.0 Å². The lowest BCUT2D eigenvalue weighted by Gasteiger charge is -2.28. The van der Waals surface area contributed by atoms with E-state index in [2.05, 4.69) is 30.9 Å². The summed E-state index contributed by atoms with van der Waals surface area (Å²) in [6, 6.07) is 15.3. The van der Waals surface area contributed by atoms with E-state index in [9.17, 15) is 18.0 Å². The average molecular weight is 609 g/mol. The summed E-state index contributed by atoms with van der Waals surface area (Å²) in [5, 5.41) is 2.85. The topological polar surface area (TPSA) is 105 Å². The van der Waals surface area contributed by atoms with E-state index in [1.807, 2.05) is 24.3 Å². The molecule has 2 heterocycles. The maximum Gasteiger partial charge on any atom is 0.337 e. The molecule has 0 atom stereocenters. The van der Waals surface area contributed by atoms with Gasteiger partial charge in [0.1, 0.15) is 4.90 Å². The smallest absolute Gasteiger partial charge is 0.337 e. The molecule has 3 aromatic rings. The van der Waals surface area contributed by atoms with Crippen LogP contribution in [0.15, 0.2) is 63.3 Å². The Labute approximate surface area is 228 Å². The van der Waals surface area contributed by atoms with Gasteiger partial charge in [-0.3, -0.25) is 9.10 Å². The number of hydrogen-bond acceptors (Lipinski definition) is 8. The van der Waals surface area contributed by atoms with Gasteiger partial charge < -0.3 is 19.7 Å². The average Bonchev–Trinajstić information content (AvgIpc) is 3.34. The minimum absolute atomic E-state index is 0.0166. The first kappa shape index (κ1) is 27.1. The van der Waals surface area contributed by atoms with Crippen LogP contribution in [0.1, 0.15) is 25.6 Å². The summed E-state index contributed by atoms with van der Waals surface area (Å²) in [5.41, 5.74) is 2.71. The molecule has 37 heavy (non-hydrogen) atoms. The number of carbonyl (C=O) groups excluding carboxylic acids is 2. The van der Waals surface area contributed by atoms with E-state index in [-0.39, 0.29) is 15.7 Å². The fourth-order valence-electron chi connectivity index (χ4n) is 3.77. The van der Waals surface area contributed by atoms with Crippen LogP contribution in [0, 0.1) is 0 Å². The predicted octanol–water partition coefficient (Wildman–Crippen LogP) is 3.89. The van der Waals surface area contributed by atoms with Crippen LogP contribution in [-0.4, -0.2) is 60.8 Å². The maximum absolute atomic E-state index is 13.3. The van der Waals surface area contributed by atoms with Gasteiger partial charge in [0.2, 0.25) is 0 Å². The quantitative estimate of drug-likeness (QED) is 0.387. The number of hydrogen-bond donors (Lipinski definition) is 1. The molecule has 0 radical (unpaired) electrons. The second-order valence-corrected chi connectivity index (χ2v) is 12.5. The van der Waals surface area contributed by atoms with Crippen molar-refractivity contribution in [3.8, 4) is 0 Å². The number of esters is 1. The number of rotatable bonds is 8. The molecule has 0 bridgehead atoms. The van der Waals surface area contributed by atoms with Gasteiger partial charge in [-0.1, -0.05) is 12.1 Å². The van der Waals surface area contributed by atoms with Gasteiger partial charge in [0.25, 0.3) is 15.9 Å². The largest absolute Gasteiger partial charge is 0.465 e. The summed E-state index contributed by atoms with van der Waals surface area (Å²) in [5.74, 6) is -0.879. The third-order valence-electron chi connectivity index (χ3n) is 5.94. The molecule has 2 aromatic carbocycles. The SMILES string of the molecule is COC(=O)c1ccc(N(C)S(=O)(=O)c2cc(C(=O)NCc3ccc(N4CCOCC4)cc3)sc2Br)cc1. The van der Waals surface area contributed by atoms with Crippen molar-refractivity contribution in [2.75, 3.05) is 49.7 Å². The highest BCUT2D eigenvalue weighted by atomic mass is 79.9. The number of nitrogens with one attached hydrogen (secondary N) is 1. The molecule has 1 N–H and O–H groups in total. The van der Waals surface area contributed by atoms with Crippen molar-refractivity contribution in [1.82, 2.24) is 5.32 Å². The van der Waals surface area contributed by atoms with Crippen molar-refractivity contribution in [3.63, 3.8) is 0 Å². The molecule has 0 unspecified atom stereocenters. The molecule has 196 valence electrons. The van der Waals surface area contributed by atoms with E-state index in [0.717, 1.165) is 40.0 Å². The third kappa shape index (κ3) is 6.15. The van der Waals surface area contributed by atoms with Gasteiger partial charge in [0.05, 0.1) is 40.2 Å². The standard InChI is InChI=1S/C25H26BrN3O6S2/c1-28(19-9-5-18(6-10-19)25(31)34-2)37(32,33)22-15-21(36-23(22)26)24(30)27-16-17-3-7-20(8-4-17)29-11-13-35-14-12-29/h3-10,15H,11-14,16H2,1-2H3,(H,27,30). The fourth-order valence-corrected chi connectivity index (χ4v) is 7.39. The Balaban J connectivity index is 1.42. The first-order chi connectivity index (χ1) is 17.7. The maximum atomic E-state index is 13.3. The van der Waals surface area contributed by atoms with E-state index >= 15 is 0 Å². The zero-order valence-electron chi connectivity index (χ0n) is 20.3. The first-order valence-electron chi connectivity index (χ1n) is 11.4. The monoisotopic (exact) mass is 607 g/mol. The molecule has 1 amide bonds. The Bertz CT molecular complexity index is 1370. The molecule has 9 nitrogen and oxygen atoms in total. The van der Waals surface area contributed by atoms with E-state index in [1.165, 1.54) is 44.5 Å². The third-order valence-corrected chi connectivity index (χ3v) is 9.97. The van der Waals surface area contributed by atoms with Crippen LogP contribution in [0.2, 0.25) is 0 Å². The van der Waals surface area contributed by atoms with Gasteiger partial charge in [-0.15, -0.1) is 11.3 Å². The second-order valence-electron chi connectivity index (χ2n) is 8.21. The lowest BCUT2D eigenvalue weighted by atomic mass is 10.2. The Morgan fingerprint density at radius 3 is 2.38 bits per heavy atom. The highest BCUT2D eigenvalue weighted by Gasteiger charge is 2.28. The molecule has 0 spiro atoms. The number of sulfonamides is 1. The lowest BCUT2D eigenvalue weighted by molar-refractivity contribution is 0.0600. The molecule has 1 saturated heterocycles. The molecule has 0 aliphatic carbocycles. The lowest BCUT2D eigenvalue weighted by Crippen LogP contribution is -2.36. The molecule has 4 rings (SSSR count). The summed E-state index contributed by atoms with van der Waals surface area (Å²) < 4.78 is 38.0. The number of benzene rings is 2. The van der Waals surface area contributed by atoms with Crippen molar-refractivity contribution in [1.29, 1.82) is 0 Å².